The predicted molar refractivity (Wildman–Crippen MR) is 202 cm³/mol. The molecule has 0 unspecified atom stereocenters. The maximum absolute atomic E-state index is 14.1. The number of nitrogens with one attached hydrogen (secondary N) is 3. The highest BCUT2D eigenvalue weighted by Crippen LogP contribution is 2.53. The van der Waals surface area contributed by atoms with Gasteiger partial charge in [0.05, 0.1) is 48.4 Å². The molecule has 7 rings (SSSR count). The first kappa shape index (κ1) is 41.8. The number of hydrogen-bond donors (Lipinski definition) is 7. The lowest BCUT2D eigenvalue weighted by Crippen LogP contribution is -2.57. The highest BCUT2D eigenvalue weighted by atomic mass is 32.2. The van der Waals surface area contributed by atoms with Crippen LogP contribution in [-0.4, -0.2) is 144 Å². The van der Waals surface area contributed by atoms with E-state index in [-0.39, 0.29) is 70.4 Å². The fourth-order valence-electron chi connectivity index (χ4n) is 8.40. The summed E-state index contributed by atoms with van der Waals surface area (Å²) in [7, 11) is 2.85. The number of nitrogens with zero attached hydrogens (tertiary/aromatic N) is 1. The lowest BCUT2D eigenvalue weighted by molar-refractivity contribution is -0.256. The van der Waals surface area contributed by atoms with Crippen molar-refractivity contribution >= 4 is 41.0 Å². The molecule has 5 aliphatic rings. The van der Waals surface area contributed by atoms with Crippen LogP contribution in [0.4, 0.5) is 0 Å². The van der Waals surface area contributed by atoms with Gasteiger partial charge in [-0.25, -0.2) is 0 Å². The third-order valence-electron chi connectivity index (χ3n) is 11.1. The molecule has 3 saturated heterocycles. The number of morpholine rings is 1. The monoisotopic (exact) mass is 829 g/mol. The second-order valence-electron chi connectivity index (χ2n) is 14.6. The Morgan fingerprint density at radius 2 is 1.83 bits per heavy atom. The van der Waals surface area contributed by atoms with Crippen molar-refractivity contribution in [2.45, 2.75) is 81.4 Å². The zero-order valence-electron chi connectivity index (χ0n) is 32.1. The summed E-state index contributed by atoms with van der Waals surface area (Å²) in [6.07, 6.45) is -5.50. The molecule has 3 amide bonds. The topological polar surface area (TPSA) is 267 Å². The van der Waals surface area contributed by atoms with Crippen LogP contribution in [0.2, 0.25) is 0 Å². The number of aliphatic hydroxyl groups is 1. The number of nitrogens with two attached hydrogens (primary N) is 1. The number of ether oxygens (including phenoxy) is 6. The number of thioether (sulfide) groups is 1. The molecule has 58 heavy (non-hydrogen) atoms. The van der Waals surface area contributed by atoms with Crippen molar-refractivity contribution < 1.29 is 67.7 Å². The van der Waals surface area contributed by atoms with Gasteiger partial charge in [-0.3, -0.25) is 39.7 Å². The summed E-state index contributed by atoms with van der Waals surface area (Å²) in [6, 6.07) is 4.15. The van der Waals surface area contributed by atoms with Crippen molar-refractivity contribution in [2.75, 3.05) is 52.0 Å². The largest absolute Gasteiger partial charge is 0.507 e. The molecule has 0 spiro atoms. The molecule has 2 aromatic rings. The molecule has 8 atom stereocenters. The van der Waals surface area contributed by atoms with Gasteiger partial charge in [-0.05, 0) is 13.0 Å². The summed E-state index contributed by atoms with van der Waals surface area (Å²) >= 11 is 1.20. The van der Waals surface area contributed by atoms with Gasteiger partial charge in [0.15, 0.2) is 30.2 Å². The molecule has 314 valence electrons. The quantitative estimate of drug-likeness (QED) is 0.0689. The maximum atomic E-state index is 14.1. The van der Waals surface area contributed by atoms with E-state index in [1.54, 1.807) is 6.92 Å². The Balaban J connectivity index is 1.17. The molecular weight excluding hydrogens is 783 g/mol. The maximum Gasteiger partial charge on any atom is 0.270 e. The van der Waals surface area contributed by atoms with E-state index >= 15 is 0 Å². The molecular formula is C38H47N5O14S. The normalized spacial score (nSPS) is 28.7. The van der Waals surface area contributed by atoms with Crippen molar-refractivity contribution in [1.82, 2.24) is 21.1 Å². The third-order valence-corrected chi connectivity index (χ3v) is 12.1. The Kier molecular flexibility index (Phi) is 12.3. The molecule has 0 bridgehead atoms. The van der Waals surface area contributed by atoms with Gasteiger partial charge in [-0.2, -0.15) is 11.8 Å². The number of ketones is 2. The van der Waals surface area contributed by atoms with Crippen LogP contribution >= 0.6 is 11.8 Å². The minimum absolute atomic E-state index is 0.0739. The summed E-state index contributed by atoms with van der Waals surface area (Å²) in [6.45, 7) is 3.35. The summed E-state index contributed by atoms with van der Waals surface area (Å²) in [5.74, 6) is -4.46. The van der Waals surface area contributed by atoms with E-state index in [2.05, 4.69) is 21.1 Å². The first-order valence-electron chi connectivity index (χ1n) is 18.9. The second kappa shape index (κ2) is 17.1. The molecule has 3 heterocycles. The van der Waals surface area contributed by atoms with Crippen LogP contribution in [0, 0.1) is 0 Å². The second-order valence-corrected chi connectivity index (χ2v) is 15.7. The molecule has 0 saturated carbocycles. The van der Waals surface area contributed by atoms with E-state index in [9.17, 15) is 39.3 Å². The Morgan fingerprint density at radius 3 is 2.57 bits per heavy atom. The van der Waals surface area contributed by atoms with Crippen LogP contribution in [0.5, 0.6) is 17.2 Å². The van der Waals surface area contributed by atoms with Gasteiger partial charge in [0.25, 0.3) is 5.91 Å². The summed E-state index contributed by atoms with van der Waals surface area (Å²) in [5, 5.41) is 38.5. The smallest absolute Gasteiger partial charge is 0.270 e. The lowest BCUT2D eigenvalue weighted by atomic mass is 9.72. The summed E-state index contributed by atoms with van der Waals surface area (Å²) in [5.41, 5.74) is 6.00. The number of benzene rings is 2. The molecule has 3 aliphatic heterocycles. The molecule has 0 radical (unpaired) electrons. The minimum Gasteiger partial charge on any atom is -0.507 e. The van der Waals surface area contributed by atoms with Crippen LogP contribution < -0.4 is 26.6 Å². The molecule has 19 nitrogen and oxygen atoms in total. The van der Waals surface area contributed by atoms with E-state index in [1.165, 1.54) is 44.2 Å². The number of fused-ring (bicyclic) bond motifs is 6. The number of carbonyl (C=O) groups is 5. The molecule has 2 aromatic carbocycles. The van der Waals surface area contributed by atoms with E-state index in [0.717, 1.165) is 0 Å². The Bertz CT molecular complexity index is 1980. The third kappa shape index (κ3) is 7.64. The van der Waals surface area contributed by atoms with Gasteiger partial charge in [0.2, 0.25) is 17.6 Å². The van der Waals surface area contributed by atoms with E-state index in [4.69, 9.17) is 34.2 Å². The van der Waals surface area contributed by atoms with Gasteiger partial charge in [0.1, 0.15) is 23.4 Å². The number of hydrazine groups is 1. The van der Waals surface area contributed by atoms with Crippen LogP contribution in [0.15, 0.2) is 18.2 Å². The van der Waals surface area contributed by atoms with Gasteiger partial charge < -0.3 is 54.8 Å². The molecule has 20 heteroatoms. The molecule has 2 aliphatic carbocycles. The predicted octanol–water partition coefficient (Wildman–Crippen LogP) is -0.504. The van der Waals surface area contributed by atoms with Crippen LogP contribution in [0.25, 0.3) is 0 Å². The summed E-state index contributed by atoms with van der Waals surface area (Å²) < 4.78 is 35.7. The number of rotatable bonds is 12. The first-order chi connectivity index (χ1) is 27.8. The minimum atomic E-state index is -2.40. The number of carbonyl (C=O) groups excluding carboxylic acids is 5. The fraction of sp³-hybridized carbons (Fsp3) is 0.553. The van der Waals surface area contributed by atoms with Crippen LogP contribution in [-0.2, 0) is 44.5 Å². The van der Waals surface area contributed by atoms with E-state index in [1.807, 2.05) is 0 Å². The van der Waals surface area contributed by atoms with E-state index < -0.39 is 95.5 Å². The van der Waals surface area contributed by atoms with Crippen molar-refractivity contribution in [1.29, 1.82) is 0 Å². The van der Waals surface area contributed by atoms with Crippen molar-refractivity contribution in [3.05, 3.63) is 51.6 Å². The SMILES string of the molecule is COc1cccc2c1C(=O)c1c(O)c3c(c(O)c1C2=O)C[C@@](O)(C(=O)NNC(=O)CCSCC(=O)NCCN)C[C@@H]3O[C@H]1C[C@H]2[C@H](O[C@@H]3[C@@H](OC)OCCN32)[C@H](C)O1. The van der Waals surface area contributed by atoms with Gasteiger partial charge in [-0.15, -0.1) is 0 Å². The Labute approximate surface area is 337 Å². The number of phenols is 2. The number of phenolic OH excluding ortho intramolecular Hbond substituents is 2. The fourth-order valence-corrected chi connectivity index (χ4v) is 9.16. The number of amides is 3. The zero-order valence-corrected chi connectivity index (χ0v) is 32.9. The molecule has 3 fully saturated rings. The van der Waals surface area contributed by atoms with Crippen molar-refractivity contribution in [3.63, 3.8) is 0 Å². The number of aromatic hydroxyl groups is 2. The van der Waals surface area contributed by atoms with Gasteiger partial charge >= 0.3 is 0 Å². The van der Waals surface area contributed by atoms with Crippen molar-refractivity contribution in [3.8, 4) is 17.2 Å². The lowest BCUT2D eigenvalue weighted by Gasteiger charge is -2.43. The first-order valence-corrected chi connectivity index (χ1v) is 20.1. The number of methoxy groups -OCH3 is 2. The molecule has 0 aromatic heterocycles. The average molecular weight is 830 g/mol. The average Bonchev–Trinajstić information content (AvgIpc) is 3.60. The number of hydrogen-bond acceptors (Lipinski definition) is 17. The van der Waals surface area contributed by atoms with Crippen molar-refractivity contribution in [2.24, 2.45) is 5.73 Å². The highest BCUT2D eigenvalue weighted by molar-refractivity contribution is 7.99. The Morgan fingerprint density at radius 1 is 1.05 bits per heavy atom. The van der Waals surface area contributed by atoms with Gasteiger partial charge in [0, 0.05) is 80.9 Å². The standard InChI is InChI=1S/C38H47N5O14S/c1-17-34-20(43-10-11-54-36(53-3)35(43)57-34)13-25(55-17)56-22-15-38(51,37(50)42-41-23(44)7-12-58-16-24(45)40-9-8-39)14-19-27(22)33(49)29-28(31(19)47)30(46)18-5-4-6-21(52-2)26(18)32(29)48/h4-6,17,20,22,25,34-36,47,49,51H,7-16,39H2,1-3H3,(H,40,45)(H,41,44)(H,42,50)/t17-,20-,22-,25-,34+,35+,36-,38-/m0/s1. The zero-order chi connectivity index (χ0) is 41.5. The van der Waals surface area contributed by atoms with E-state index in [0.29, 0.717) is 26.2 Å². The summed E-state index contributed by atoms with van der Waals surface area (Å²) in [4.78, 5) is 68.4. The van der Waals surface area contributed by atoms with Gasteiger partial charge in [-0.1, -0.05) is 12.1 Å². The van der Waals surface area contributed by atoms with Crippen LogP contribution in [0.1, 0.15) is 75.3 Å². The Hall–Kier alpha value is -4.38. The molecule has 8 N–H and O–H groups in total. The van der Waals surface area contributed by atoms with Crippen LogP contribution in [0.3, 0.4) is 0 Å². The highest BCUT2D eigenvalue weighted by Gasteiger charge is 2.55.